The highest BCUT2D eigenvalue weighted by molar-refractivity contribution is 6.30. The lowest BCUT2D eigenvalue weighted by atomic mass is 10.2. The molecule has 0 heterocycles. The lowest BCUT2D eigenvalue weighted by Gasteiger charge is -1.98. The first-order valence-corrected chi connectivity index (χ1v) is 3.88. The summed E-state index contributed by atoms with van der Waals surface area (Å²) in [7, 11) is 0. The van der Waals surface area contributed by atoms with Crippen LogP contribution in [0.5, 0.6) is 5.75 Å². The molecule has 0 radical (unpaired) electrons. The van der Waals surface area contributed by atoms with Crippen molar-refractivity contribution in [2.24, 2.45) is 0 Å². The Balaban J connectivity index is 2.97. The summed E-state index contributed by atoms with van der Waals surface area (Å²) in [6.07, 6.45) is 3.15. The number of benzene rings is 1. The van der Waals surface area contributed by atoms with Crippen molar-refractivity contribution in [3.63, 3.8) is 0 Å². The first kappa shape index (κ1) is 9.10. The molecule has 1 aromatic rings. The molecule has 0 aliphatic rings. The monoisotopic (exact) mass is 184 g/mol. The average molecular weight is 185 g/mol. The summed E-state index contributed by atoms with van der Waals surface area (Å²) >= 11 is 5.69. The maximum atomic E-state index is 9.27. The van der Waals surface area contributed by atoms with Crippen molar-refractivity contribution in [1.29, 1.82) is 0 Å². The molecule has 0 amide bonds. The Hall–Kier alpha value is -0.990. The van der Waals surface area contributed by atoms with Gasteiger partial charge in [-0.15, -0.1) is 0 Å². The molecule has 0 saturated heterocycles. The predicted octanol–water partition coefficient (Wildman–Crippen LogP) is 2.05. The van der Waals surface area contributed by atoms with Gasteiger partial charge in [0.15, 0.2) is 0 Å². The van der Waals surface area contributed by atoms with Crippen LogP contribution < -0.4 is 0 Å². The Morgan fingerprint density at radius 3 is 2.83 bits per heavy atom. The van der Waals surface area contributed by atoms with Crippen molar-refractivity contribution in [3.8, 4) is 5.75 Å². The average Bonchev–Trinajstić information content (AvgIpc) is 2.07. The largest absolute Gasteiger partial charge is 0.507 e. The number of aliphatic hydroxyl groups excluding tert-OH is 1. The van der Waals surface area contributed by atoms with Crippen molar-refractivity contribution < 1.29 is 10.2 Å². The predicted molar refractivity (Wildman–Crippen MR) is 49.2 cm³/mol. The number of phenolic OH excluding ortho intramolecular Hbond substituents is 1. The Labute approximate surface area is 75.7 Å². The molecular weight excluding hydrogens is 176 g/mol. The number of aromatic hydroxyl groups is 1. The Kier molecular flexibility index (Phi) is 3.14. The van der Waals surface area contributed by atoms with Crippen molar-refractivity contribution in [3.05, 3.63) is 34.9 Å². The first-order valence-electron chi connectivity index (χ1n) is 3.50. The molecule has 0 spiro atoms. The van der Waals surface area contributed by atoms with E-state index >= 15 is 0 Å². The van der Waals surface area contributed by atoms with E-state index in [1.54, 1.807) is 18.2 Å². The molecule has 0 bridgehead atoms. The zero-order chi connectivity index (χ0) is 8.97. The van der Waals surface area contributed by atoms with E-state index in [1.807, 2.05) is 0 Å². The lowest BCUT2D eigenvalue weighted by Crippen LogP contribution is -1.76. The standard InChI is InChI=1S/C9H9ClO2/c10-8-3-4-9(12)7(6-8)2-1-5-11/h1-4,6,11-12H,5H2/b2-1+. The summed E-state index contributed by atoms with van der Waals surface area (Å²) in [5.41, 5.74) is 0.608. The molecule has 1 rings (SSSR count). The molecule has 0 fully saturated rings. The number of halogens is 1. The van der Waals surface area contributed by atoms with Crippen molar-refractivity contribution >= 4 is 17.7 Å². The molecule has 3 heteroatoms. The SMILES string of the molecule is OC/C=C/c1cc(Cl)ccc1O. The van der Waals surface area contributed by atoms with E-state index in [9.17, 15) is 5.11 Å². The second kappa shape index (κ2) is 4.14. The molecule has 12 heavy (non-hydrogen) atoms. The van der Waals surface area contributed by atoms with Gasteiger partial charge in [-0.25, -0.2) is 0 Å². The van der Waals surface area contributed by atoms with E-state index in [4.69, 9.17) is 16.7 Å². The van der Waals surface area contributed by atoms with Crippen LogP contribution in [0.2, 0.25) is 5.02 Å². The molecule has 0 atom stereocenters. The van der Waals surface area contributed by atoms with Crippen LogP contribution in [0.1, 0.15) is 5.56 Å². The van der Waals surface area contributed by atoms with Crippen LogP contribution in [0.3, 0.4) is 0 Å². The lowest BCUT2D eigenvalue weighted by molar-refractivity contribution is 0.343. The third kappa shape index (κ3) is 2.26. The number of rotatable bonds is 2. The van der Waals surface area contributed by atoms with Crippen molar-refractivity contribution in [2.75, 3.05) is 6.61 Å². The van der Waals surface area contributed by atoms with Gasteiger partial charge in [-0.2, -0.15) is 0 Å². The highest BCUT2D eigenvalue weighted by Gasteiger charge is 1.96. The molecule has 2 nitrogen and oxygen atoms in total. The second-order valence-electron chi connectivity index (χ2n) is 2.29. The maximum Gasteiger partial charge on any atom is 0.122 e. The molecule has 0 unspecified atom stereocenters. The van der Waals surface area contributed by atoms with Gasteiger partial charge in [0, 0.05) is 10.6 Å². The summed E-state index contributed by atoms with van der Waals surface area (Å²) in [6.45, 7) is -0.0496. The highest BCUT2D eigenvalue weighted by Crippen LogP contribution is 2.22. The summed E-state index contributed by atoms with van der Waals surface area (Å²) in [6, 6.07) is 4.75. The third-order valence-corrected chi connectivity index (χ3v) is 1.63. The van der Waals surface area contributed by atoms with Crippen LogP contribution in [0.25, 0.3) is 6.08 Å². The van der Waals surface area contributed by atoms with Gasteiger partial charge in [-0.1, -0.05) is 23.8 Å². The first-order chi connectivity index (χ1) is 5.74. The van der Waals surface area contributed by atoms with Crippen LogP contribution in [0, 0.1) is 0 Å². The molecule has 64 valence electrons. The van der Waals surface area contributed by atoms with Gasteiger partial charge in [0.25, 0.3) is 0 Å². The molecule has 0 aliphatic heterocycles. The van der Waals surface area contributed by atoms with Crippen LogP contribution in [-0.4, -0.2) is 16.8 Å². The van der Waals surface area contributed by atoms with Crippen LogP contribution >= 0.6 is 11.6 Å². The van der Waals surface area contributed by atoms with Gasteiger partial charge in [-0.3, -0.25) is 0 Å². The van der Waals surface area contributed by atoms with Gasteiger partial charge in [-0.05, 0) is 18.2 Å². The fraction of sp³-hybridized carbons (Fsp3) is 0.111. The van der Waals surface area contributed by atoms with E-state index in [0.29, 0.717) is 10.6 Å². The summed E-state index contributed by atoms with van der Waals surface area (Å²) in [5.74, 6) is 0.157. The normalized spacial score (nSPS) is 10.8. The van der Waals surface area contributed by atoms with Crippen LogP contribution in [-0.2, 0) is 0 Å². The van der Waals surface area contributed by atoms with Crippen LogP contribution in [0.15, 0.2) is 24.3 Å². The zero-order valence-electron chi connectivity index (χ0n) is 6.37. The summed E-state index contributed by atoms with van der Waals surface area (Å²) < 4.78 is 0. The summed E-state index contributed by atoms with van der Waals surface area (Å²) in [5, 5.41) is 18.3. The summed E-state index contributed by atoms with van der Waals surface area (Å²) in [4.78, 5) is 0. The zero-order valence-corrected chi connectivity index (χ0v) is 7.12. The maximum absolute atomic E-state index is 9.27. The smallest absolute Gasteiger partial charge is 0.122 e. The second-order valence-corrected chi connectivity index (χ2v) is 2.72. The fourth-order valence-corrected chi connectivity index (χ4v) is 1.02. The van der Waals surface area contributed by atoms with Gasteiger partial charge in [0.2, 0.25) is 0 Å². The van der Waals surface area contributed by atoms with E-state index < -0.39 is 0 Å². The van der Waals surface area contributed by atoms with Crippen LogP contribution in [0.4, 0.5) is 0 Å². The third-order valence-electron chi connectivity index (χ3n) is 1.39. The van der Waals surface area contributed by atoms with Gasteiger partial charge >= 0.3 is 0 Å². The Morgan fingerprint density at radius 1 is 1.42 bits per heavy atom. The van der Waals surface area contributed by atoms with Gasteiger partial charge in [0.1, 0.15) is 5.75 Å². The highest BCUT2D eigenvalue weighted by atomic mass is 35.5. The number of hydrogen-bond donors (Lipinski definition) is 2. The Morgan fingerprint density at radius 2 is 2.17 bits per heavy atom. The molecule has 1 aromatic carbocycles. The minimum absolute atomic E-state index is 0.0496. The van der Waals surface area contributed by atoms with Crippen molar-refractivity contribution in [2.45, 2.75) is 0 Å². The minimum Gasteiger partial charge on any atom is -0.507 e. The molecule has 0 saturated carbocycles. The number of phenols is 1. The molecule has 2 N–H and O–H groups in total. The fourth-order valence-electron chi connectivity index (χ4n) is 0.839. The molecular formula is C9H9ClO2. The molecule has 0 aliphatic carbocycles. The van der Waals surface area contributed by atoms with E-state index in [-0.39, 0.29) is 12.4 Å². The Bertz CT molecular complexity index is 295. The quantitative estimate of drug-likeness (QED) is 0.739. The van der Waals surface area contributed by atoms with Crippen molar-refractivity contribution in [1.82, 2.24) is 0 Å². The van der Waals surface area contributed by atoms with E-state index in [2.05, 4.69) is 0 Å². The van der Waals surface area contributed by atoms with Gasteiger partial charge < -0.3 is 10.2 Å². The number of aliphatic hydroxyl groups is 1. The topological polar surface area (TPSA) is 40.5 Å². The number of hydrogen-bond acceptors (Lipinski definition) is 2. The minimum atomic E-state index is -0.0496. The molecule has 0 aromatic heterocycles. The van der Waals surface area contributed by atoms with Gasteiger partial charge in [0.05, 0.1) is 6.61 Å². The van der Waals surface area contributed by atoms with E-state index in [1.165, 1.54) is 12.1 Å². The van der Waals surface area contributed by atoms with E-state index in [0.717, 1.165) is 0 Å².